The molecule has 0 amide bonds. The lowest BCUT2D eigenvalue weighted by molar-refractivity contribution is 0.534. The van der Waals surface area contributed by atoms with Crippen molar-refractivity contribution >= 4 is 32.1 Å². The van der Waals surface area contributed by atoms with Gasteiger partial charge in [-0.15, -0.1) is 22.7 Å². The molecule has 3 rings (SSSR count). The van der Waals surface area contributed by atoms with E-state index >= 15 is 0 Å². The van der Waals surface area contributed by atoms with Gasteiger partial charge in [-0.1, -0.05) is 25.1 Å². The highest BCUT2D eigenvalue weighted by Gasteiger charge is 2.16. The molecule has 0 saturated heterocycles. The maximum absolute atomic E-state index is 13.8. The third-order valence-electron chi connectivity index (χ3n) is 3.33. The number of hydrogen-bond acceptors (Lipinski definition) is 3. The quantitative estimate of drug-likeness (QED) is 0.700. The molecule has 1 N–H and O–H groups in total. The second-order valence-electron chi connectivity index (χ2n) is 4.70. The monoisotopic (exact) mass is 305 g/mol. The van der Waals surface area contributed by atoms with Crippen molar-refractivity contribution in [1.82, 2.24) is 5.32 Å². The van der Waals surface area contributed by atoms with Crippen LogP contribution in [0, 0.1) is 5.82 Å². The summed E-state index contributed by atoms with van der Waals surface area (Å²) < 4.78 is 16.5. The summed E-state index contributed by atoms with van der Waals surface area (Å²) in [7, 11) is 0. The van der Waals surface area contributed by atoms with Gasteiger partial charge in [0.25, 0.3) is 0 Å². The summed E-state index contributed by atoms with van der Waals surface area (Å²) in [6.45, 7) is 2.97. The first-order valence-corrected chi connectivity index (χ1v) is 8.41. The van der Waals surface area contributed by atoms with Crippen LogP contribution in [-0.4, -0.2) is 6.54 Å². The number of benzene rings is 1. The minimum atomic E-state index is -0.117. The molecule has 20 heavy (non-hydrogen) atoms. The molecule has 0 aliphatic carbocycles. The van der Waals surface area contributed by atoms with Crippen molar-refractivity contribution in [2.45, 2.75) is 19.4 Å². The van der Waals surface area contributed by atoms with Crippen molar-refractivity contribution < 1.29 is 4.39 Å². The normalized spacial score (nSPS) is 12.9. The standard InChI is InChI=1S/C16H16FNS2/c1-2-18-13(9-11-5-3-4-6-12(11)17)15-10-16-14(20-15)7-8-19-16/h3-8,10,13,18H,2,9H2,1H3. The fraction of sp³-hybridized carbons (Fsp3) is 0.250. The Hall–Kier alpha value is -1.23. The molecule has 1 atom stereocenters. The Kier molecular flexibility index (Phi) is 4.15. The molecule has 2 aromatic heterocycles. The van der Waals surface area contributed by atoms with Gasteiger partial charge in [0.15, 0.2) is 0 Å². The highest BCUT2D eigenvalue weighted by molar-refractivity contribution is 7.26. The van der Waals surface area contributed by atoms with Crippen LogP contribution in [0.5, 0.6) is 0 Å². The van der Waals surface area contributed by atoms with E-state index in [0.29, 0.717) is 6.42 Å². The van der Waals surface area contributed by atoms with Gasteiger partial charge in [-0.3, -0.25) is 0 Å². The number of rotatable bonds is 5. The van der Waals surface area contributed by atoms with Crippen LogP contribution < -0.4 is 5.32 Å². The van der Waals surface area contributed by atoms with E-state index < -0.39 is 0 Å². The van der Waals surface area contributed by atoms with Crippen LogP contribution in [0.25, 0.3) is 9.40 Å². The van der Waals surface area contributed by atoms with Gasteiger partial charge in [-0.25, -0.2) is 4.39 Å². The Balaban J connectivity index is 1.89. The zero-order chi connectivity index (χ0) is 13.9. The van der Waals surface area contributed by atoms with Crippen molar-refractivity contribution in [3.63, 3.8) is 0 Å². The number of fused-ring (bicyclic) bond motifs is 1. The van der Waals surface area contributed by atoms with Gasteiger partial charge in [0.05, 0.1) is 0 Å². The van der Waals surface area contributed by atoms with Crippen LogP contribution >= 0.6 is 22.7 Å². The molecule has 1 nitrogen and oxygen atoms in total. The minimum absolute atomic E-state index is 0.117. The molecule has 0 fully saturated rings. The Morgan fingerprint density at radius 1 is 1.20 bits per heavy atom. The summed E-state index contributed by atoms with van der Waals surface area (Å²) in [5, 5.41) is 5.59. The Morgan fingerprint density at radius 2 is 2.05 bits per heavy atom. The van der Waals surface area contributed by atoms with Crippen LogP contribution in [0.4, 0.5) is 4.39 Å². The van der Waals surface area contributed by atoms with Gasteiger partial charge in [0.2, 0.25) is 0 Å². The number of nitrogens with one attached hydrogen (secondary N) is 1. The van der Waals surface area contributed by atoms with E-state index in [1.165, 1.54) is 20.3 Å². The van der Waals surface area contributed by atoms with Gasteiger partial charge < -0.3 is 5.32 Å². The zero-order valence-corrected chi connectivity index (χ0v) is 12.9. The van der Waals surface area contributed by atoms with Crippen LogP contribution in [0.2, 0.25) is 0 Å². The molecule has 4 heteroatoms. The zero-order valence-electron chi connectivity index (χ0n) is 11.2. The molecular formula is C16H16FNS2. The summed E-state index contributed by atoms with van der Waals surface area (Å²) in [5.74, 6) is -0.117. The third kappa shape index (κ3) is 2.77. The van der Waals surface area contributed by atoms with Crippen molar-refractivity contribution in [2.24, 2.45) is 0 Å². The Morgan fingerprint density at radius 3 is 2.80 bits per heavy atom. The number of likely N-dealkylation sites (N-methyl/N-ethyl adjacent to an activating group) is 1. The van der Waals surface area contributed by atoms with Crippen LogP contribution in [0.1, 0.15) is 23.4 Å². The fourth-order valence-electron chi connectivity index (χ4n) is 2.36. The summed E-state index contributed by atoms with van der Waals surface area (Å²) >= 11 is 3.56. The van der Waals surface area contributed by atoms with E-state index in [0.717, 1.165) is 12.1 Å². The van der Waals surface area contributed by atoms with Gasteiger partial charge >= 0.3 is 0 Å². The maximum atomic E-state index is 13.8. The first kappa shape index (κ1) is 13.7. The molecule has 0 aliphatic rings. The van der Waals surface area contributed by atoms with Gasteiger partial charge in [-0.05, 0) is 42.1 Å². The molecule has 104 valence electrons. The van der Waals surface area contributed by atoms with E-state index in [2.05, 4.69) is 29.8 Å². The third-order valence-corrected chi connectivity index (χ3v) is 5.54. The minimum Gasteiger partial charge on any atom is -0.309 e. The predicted octanol–water partition coefficient (Wildman–Crippen LogP) is 5.00. The Bertz CT molecular complexity index is 673. The van der Waals surface area contributed by atoms with E-state index in [9.17, 15) is 4.39 Å². The van der Waals surface area contributed by atoms with Crippen molar-refractivity contribution in [1.29, 1.82) is 0 Å². The number of halogens is 1. The lowest BCUT2D eigenvalue weighted by Crippen LogP contribution is -2.22. The summed E-state index contributed by atoms with van der Waals surface area (Å²) in [6.07, 6.45) is 0.689. The van der Waals surface area contributed by atoms with Crippen LogP contribution in [0.15, 0.2) is 41.8 Å². The van der Waals surface area contributed by atoms with Crippen molar-refractivity contribution in [2.75, 3.05) is 6.54 Å². The van der Waals surface area contributed by atoms with Crippen LogP contribution in [0.3, 0.4) is 0 Å². The molecule has 1 unspecified atom stereocenters. The smallest absolute Gasteiger partial charge is 0.126 e. The first-order valence-electron chi connectivity index (χ1n) is 6.71. The maximum Gasteiger partial charge on any atom is 0.126 e. The molecule has 0 bridgehead atoms. The summed E-state index contributed by atoms with van der Waals surface area (Å²) in [6, 6.07) is 11.6. The largest absolute Gasteiger partial charge is 0.309 e. The second-order valence-corrected chi connectivity index (χ2v) is 6.77. The highest BCUT2D eigenvalue weighted by atomic mass is 32.1. The summed E-state index contributed by atoms with van der Waals surface area (Å²) in [4.78, 5) is 1.29. The summed E-state index contributed by atoms with van der Waals surface area (Å²) in [5.41, 5.74) is 0.773. The first-order chi connectivity index (χ1) is 9.78. The van der Waals surface area contributed by atoms with Gasteiger partial charge in [0, 0.05) is 20.3 Å². The molecule has 0 saturated carbocycles. The number of hydrogen-bond donors (Lipinski definition) is 1. The van der Waals surface area contributed by atoms with Gasteiger partial charge in [0.1, 0.15) is 5.82 Å². The molecule has 3 aromatic rings. The molecule has 2 heterocycles. The van der Waals surface area contributed by atoms with E-state index in [1.54, 1.807) is 28.7 Å². The second kappa shape index (κ2) is 6.04. The van der Waals surface area contributed by atoms with Gasteiger partial charge in [-0.2, -0.15) is 0 Å². The van der Waals surface area contributed by atoms with E-state index in [4.69, 9.17) is 0 Å². The Labute approximate surface area is 126 Å². The molecule has 0 spiro atoms. The number of thiophene rings is 2. The molecular weight excluding hydrogens is 289 g/mol. The SMILES string of the molecule is CCNC(Cc1ccccc1F)c1cc2sccc2s1. The molecule has 0 radical (unpaired) electrons. The average Bonchev–Trinajstić information content (AvgIpc) is 3.01. The highest BCUT2D eigenvalue weighted by Crippen LogP contribution is 2.34. The lowest BCUT2D eigenvalue weighted by Gasteiger charge is -2.16. The molecule has 0 aliphatic heterocycles. The topological polar surface area (TPSA) is 12.0 Å². The fourth-order valence-corrected chi connectivity index (χ4v) is 4.56. The van der Waals surface area contributed by atoms with Crippen molar-refractivity contribution in [3.8, 4) is 0 Å². The predicted molar refractivity (Wildman–Crippen MR) is 86.2 cm³/mol. The van der Waals surface area contributed by atoms with E-state index in [1.807, 2.05) is 12.1 Å². The van der Waals surface area contributed by atoms with E-state index in [-0.39, 0.29) is 11.9 Å². The van der Waals surface area contributed by atoms with Crippen LogP contribution in [-0.2, 0) is 6.42 Å². The molecule has 1 aromatic carbocycles. The lowest BCUT2D eigenvalue weighted by atomic mass is 10.0. The van der Waals surface area contributed by atoms with Crippen molar-refractivity contribution in [3.05, 3.63) is 58.0 Å². The average molecular weight is 305 g/mol.